The predicted molar refractivity (Wildman–Crippen MR) is 99.9 cm³/mol. The largest absolute Gasteiger partial charge is 0.310 e. The Hall–Kier alpha value is -1.72. The number of nitrogens with zero attached hydrogens (tertiary/aromatic N) is 2. The van der Waals surface area contributed by atoms with Gasteiger partial charge in [0.1, 0.15) is 11.6 Å². The lowest BCUT2D eigenvalue weighted by molar-refractivity contribution is 0.236. The molecule has 1 fully saturated rings. The fourth-order valence-corrected chi connectivity index (χ4v) is 4.32. The zero-order valence-electron chi connectivity index (χ0n) is 14.7. The first-order valence-electron chi connectivity index (χ1n) is 9.39. The van der Waals surface area contributed by atoms with Crippen LogP contribution < -0.4 is 5.56 Å². The topological polar surface area (TPSA) is 49.0 Å². The van der Waals surface area contributed by atoms with Gasteiger partial charge in [-0.25, -0.2) is 9.37 Å². The molecule has 4 rings (SSSR count). The Morgan fingerprint density at radius 1 is 1.27 bits per heavy atom. The maximum absolute atomic E-state index is 14.2. The first kappa shape index (κ1) is 17.7. The Morgan fingerprint density at radius 2 is 2.08 bits per heavy atom. The zero-order chi connectivity index (χ0) is 18.1. The Labute approximate surface area is 157 Å². The van der Waals surface area contributed by atoms with Crippen LogP contribution in [-0.4, -0.2) is 21.4 Å². The molecule has 1 aliphatic heterocycles. The average molecular weight is 376 g/mol. The van der Waals surface area contributed by atoms with Gasteiger partial charge in [0, 0.05) is 36.7 Å². The molecular weight excluding hydrogens is 353 g/mol. The highest BCUT2D eigenvalue weighted by Gasteiger charge is 2.25. The number of fused-ring (bicyclic) bond motifs is 1. The van der Waals surface area contributed by atoms with Crippen LogP contribution in [0.5, 0.6) is 0 Å². The van der Waals surface area contributed by atoms with Gasteiger partial charge in [-0.05, 0) is 25.3 Å². The number of aromatic nitrogens is 2. The molecule has 0 unspecified atom stereocenters. The molecule has 1 N–H and O–H groups in total. The quantitative estimate of drug-likeness (QED) is 0.875. The number of halogens is 2. The molecular formula is C20H23ClFN3O. The van der Waals surface area contributed by atoms with Crippen molar-refractivity contribution in [2.75, 3.05) is 6.54 Å². The van der Waals surface area contributed by atoms with E-state index < -0.39 is 0 Å². The summed E-state index contributed by atoms with van der Waals surface area (Å²) in [4.78, 5) is 22.5. The molecule has 2 heterocycles. The summed E-state index contributed by atoms with van der Waals surface area (Å²) in [6.07, 6.45) is 6.51. The van der Waals surface area contributed by atoms with E-state index in [1.807, 2.05) is 0 Å². The van der Waals surface area contributed by atoms with Gasteiger partial charge in [-0.3, -0.25) is 9.69 Å². The summed E-state index contributed by atoms with van der Waals surface area (Å²) in [5.41, 5.74) is 2.22. The molecule has 2 aliphatic rings. The first-order chi connectivity index (χ1) is 12.6. The van der Waals surface area contributed by atoms with Gasteiger partial charge in [0.05, 0.1) is 10.7 Å². The lowest BCUT2D eigenvalue weighted by atomic mass is 9.88. The fourth-order valence-electron chi connectivity index (χ4n) is 4.13. The molecule has 0 spiro atoms. The molecule has 4 nitrogen and oxygen atoms in total. The van der Waals surface area contributed by atoms with Crippen LogP contribution in [0.15, 0.2) is 23.0 Å². The van der Waals surface area contributed by atoms with E-state index in [0.29, 0.717) is 37.5 Å². The zero-order valence-corrected chi connectivity index (χ0v) is 15.5. The number of hydrogen-bond acceptors (Lipinski definition) is 3. The minimum Gasteiger partial charge on any atom is -0.310 e. The number of rotatable bonds is 3. The maximum Gasteiger partial charge on any atom is 0.254 e. The second-order valence-electron chi connectivity index (χ2n) is 7.38. The Balaban J connectivity index is 1.56. The Morgan fingerprint density at radius 3 is 2.88 bits per heavy atom. The molecule has 1 aromatic heterocycles. The van der Waals surface area contributed by atoms with Crippen molar-refractivity contribution in [2.45, 2.75) is 57.5 Å². The van der Waals surface area contributed by atoms with Crippen molar-refractivity contribution in [3.8, 4) is 0 Å². The molecule has 0 amide bonds. The molecule has 6 heteroatoms. The van der Waals surface area contributed by atoms with E-state index in [0.717, 1.165) is 29.9 Å². The second-order valence-corrected chi connectivity index (χ2v) is 7.79. The van der Waals surface area contributed by atoms with E-state index in [2.05, 4.69) is 9.88 Å². The summed E-state index contributed by atoms with van der Waals surface area (Å²) < 4.78 is 14.2. The van der Waals surface area contributed by atoms with E-state index in [1.54, 1.807) is 18.2 Å². The van der Waals surface area contributed by atoms with Gasteiger partial charge in [-0.1, -0.05) is 43.0 Å². The van der Waals surface area contributed by atoms with E-state index in [9.17, 15) is 9.18 Å². The molecule has 0 atom stereocenters. The van der Waals surface area contributed by atoms with Crippen LogP contribution in [0.2, 0.25) is 5.02 Å². The van der Waals surface area contributed by atoms with Gasteiger partial charge in [0.25, 0.3) is 5.56 Å². The molecule has 0 radical (unpaired) electrons. The third kappa shape index (κ3) is 3.55. The van der Waals surface area contributed by atoms with Crippen molar-refractivity contribution < 1.29 is 4.39 Å². The Bertz CT molecular complexity index is 861. The highest BCUT2D eigenvalue weighted by molar-refractivity contribution is 6.30. The van der Waals surface area contributed by atoms with E-state index in [-0.39, 0.29) is 16.4 Å². The van der Waals surface area contributed by atoms with Crippen LogP contribution in [0, 0.1) is 5.82 Å². The summed E-state index contributed by atoms with van der Waals surface area (Å²) >= 11 is 5.89. The molecule has 2 aromatic rings. The first-order valence-corrected chi connectivity index (χ1v) is 9.77. The summed E-state index contributed by atoms with van der Waals surface area (Å²) in [5.74, 6) is 0.841. The van der Waals surface area contributed by atoms with Crippen molar-refractivity contribution in [2.24, 2.45) is 0 Å². The third-order valence-electron chi connectivity index (χ3n) is 5.59. The van der Waals surface area contributed by atoms with Crippen LogP contribution in [0.1, 0.15) is 60.7 Å². The molecule has 0 saturated heterocycles. The second kappa shape index (κ2) is 7.49. The summed E-state index contributed by atoms with van der Waals surface area (Å²) in [7, 11) is 0. The average Bonchev–Trinajstić information content (AvgIpc) is 2.66. The van der Waals surface area contributed by atoms with Crippen LogP contribution in [0.25, 0.3) is 0 Å². The van der Waals surface area contributed by atoms with Gasteiger partial charge in [-0.2, -0.15) is 0 Å². The monoisotopic (exact) mass is 375 g/mol. The fraction of sp³-hybridized carbons (Fsp3) is 0.500. The highest BCUT2D eigenvalue weighted by Crippen LogP contribution is 2.31. The molecule has 1 aromatic carbocycles. The minimum absolute atomic E-state index is 0.00385. The van der Waals surface area contributed by atoms with Gasteiger partial charge < -0.3 is 4.98 Å². The summed E-state index contributed by atoms with van der Waals surface area (Å²) in [6.45, 7) is 1.76. The van der Waals surface area contributed by atoms with Gasteiger partial charge >= 0.3 is 0 Å². The molecule has 1 aliphatic carbocycles. The van der Waals surface area contributed by atoms with Crippen molar-refractivity contribution in [3.63, 3.8) is 0 Å². The maximum atomic E-state index is 14.2. The lowest BCUT2D eigenvalue weighted by Crippen LogP contribution is -2.36. The van der Waals surface area contributed by atoms with Gasteiger partial charge in [0.2, 0.25) is 0 Å². The molecule has 138 valence electrons. The van der Waals surface area contributed by atoms with Crippen molar-refractivity contribution in [1.29, 1.82) is 0 Å². The normalized spacial score (nSPS) is 18.7. The van der Waals surface area contributed by atoms with Crippen LogP contribution in [-0.2, 0) is 19.5 Å². The van der Waals surface area contributed by atoms with E-state index in [1.165, 1.54) is 19.3 Å². The Kier molecular flexibility index (Phi) is 5.09. The number of nitrogens with one attached hydrogen (secondary N) is 1. The van der Waals surface area contributed by atoms with Crippen LogP contribution >= 0.6 is 11.6 Å². The van der Waals surface area contributed by atoms with Crippen LogP contribution in [0.3, 0.4) is 0 Å². The van der Waals surface area contributed by atoms with Crippen molar-refractivity contribution in [1.82, 2.24) is 14.9 Å². The number of H-pyrrole nitrogens is 1. The van der Waals surface area contributed by atoms with Gasteiger partial charge in [0.15, 0.2) is 0 Å². The summed E-state index contributed by atoms with van der Waals surface area (Å²) in [5, 5.41) is 0.147. The SMILES string of the molecule is O=c1[nH]c(C2CCCCC2)nc2c1CCN(Cc1cccc(Cl)c1F)C2. The van der Waals surface area contributed by atoms with Crippen LogP contribution in [0.4, 0.5) is 4.39 Å². The highest BCUT2D eigenvalue weighted by atomic mass is 35.5. The third-order valence-corrected chi connectivity index (χ3v) is 5.88. The molecule has 0 bridgehead atoms. The van der Waals surface area contributed by atoms with Crippen molar-refractivity contribution >= 4 is 11.6 Å². The number of benzene rings is 1. The number of aromatic amines is 1. The predicted octanol–water partition coefficient (Wildman–Crippen LogP) is 4.17. The van der Waals surface area contributed by atoms with E-state index >= 15 is 0 Å². The standard InChI is InChI=1S/C20H23ClFN3O/c21-16-8-4-7-14(18(16)22)11-25-10-9-15-17(12-25)23-19(24-20(15)26)13-5-2-1-3-6-13/h4,7-8,13H,1-3,5-6,9-12H2,(H,23,24,26). The number of hydrogen-bond donors (Lipinski definition) is 1. The van der Waals surface area contributed by atoms with Crippen molar-refractivity contribution in [3.05, 3.63) is 62.0 Å². The minimum atomic E-state index is -0.360. The summed E-state index contributed by atoms with van der Waals surface area (Å²) in [6, 6.07) is 5.08. The lowest BCUT2D eigenvalue weighted by Gasteiger charge is -2.29. The van der Waals surface area contributed by atoms with Gasteiger partial charge in [-0.15, -0.1) is 0 Å². The molecule has 1 saturated carbocycles. The van der Waals surface area contributed by atoms with E-state index in [4.69, 9.17) is 16.6 Å². The smallest absolute Gasteiger partial charge is 0.254 e. The molecule has 26 heavy (non-hydrogen) atoms.